The van der Waals surface area contributed by atoms with Gasteiger partial charge < -0.3 is 19.7 Å². The number of nitrogens with one attached hydrogen (secondary N) is 1. The van der Waals surface area contributed by atoms with E-state index in [-0.39, 0.29) is 5.91 Å². The maximum Gasteiger partial charge on any atom is 0.253 e. The lowest BCUT2D eigenvalue weighted by Crippen LogP contribution is -2.46. The normalized spacial score (nSPS) is 16.0. The Labute approximate surface area is 179 Å². The highest BCUT2D eigenvalue weighted by Gasteiger charge is 2.21. The zero-order valence-corrected chi connectivity index (χ0v) is 18.2. The molecule has 0 spiro atoms. The van der Waals surface area contributed by atoms with Crippen molar-refractivity contribution in [2.24, 2.45) is 0 Å². The number of carbonyl (C=O) groups excluding carboxylic acids is 1. The van der Waals surface area contributed by atoms with E-state index in [2.05, 4.69) is 70.4 Å². The highest BCUT2D eigenvalue weighted by Crippen LogP contribution is 2.22. The van der Waals surface area contributed by atoms with Crippen LogP contribution >= 0.6 is 0 Å². The molecule has 0 radical (unpaired) electrons. The van der Waals surface area contributed by atoms with E-state index >= 15 is 0 Å². The number of aromatic nitrogens is 1. The predicted octanol–water partition coefficient (Wildman–Crippen LogP) is 3.99. The second-order valence-corrected chi connectivity index (χ2v) is 8.60. The van der Waals surface area contributed by atoms with E-state index in [1.807, 2.05) is 12.1 Å². The molecule has 1 aromatic heterocycles. The van der Waals surface area contributed by atoms with Crippen LogP contribution in [-0.4, -0.2) is 54.6 Å². The van der Waals surface area contributed by atoms with E-state index < -0.39 is 0 Å². The third-order valence-electron chi connectivity index (χ3n) is 6.05. The van der Waals surface area contributed by atoms with Crippen molar-refractivity contribution in [3.63, 3.8) is 0 Å². The maximum absolute atomic E-state index is 12.1. The number of benzene rings is 2. The van der Waals surface area contributed by atoms with Gasteiger partial charge in [-0.3, -0.25) is 4.79 Å². The minimum Gasteiger partial charge on any atom is -0.371 e. The molecule has 1 unspecified atom stereocenters. The van der Waals surface area contributed by atoms with Gasteiger partial charge in [0.25, 0.3) is 5.91 Å². The van der Waals surface area contributed by atoms with Crippen LogP contribution in [-0.2, 0) is 6.54 Å². The van der Waals surface area contributed by atoms with E-state index in [0.717, 1.165) is 38.0 Å². The van der Waals surface area contributed by atoms with Gasteiger partial charge in [0.1, 0.15) is 0 Å². The van der Waals surface area contributed by atoms with E-state index in [0.29, 0.717) is 12.1 Å². The Kier molecular flexibility index (Phi) is 6.09. The van der Waals surface area contributed by atoms with Gasteiger partial charge in [0.2, 0.25) is 0 Å². The van der Waals surface area contributed by atoms with Gasteiger partial charge in [-0.25, -0.2) is 0 Å². The number of piperidine rings is 1. The van der Waals surface area contributed by atoms with Crippen LogP contribution in [0.15, 0.2) is 60.8 Å². The lowest BCUT2D eigenvalue weighted by atomic mass is 10.0. The summed E-state index contributed by atoms with van der Waals surface area (Å²) in [5.41, 5.74) is 3.25. The molecule has 1 aliphatic rings. The van der Waals surface area contributed by atoms with E-state index in [4.69, 9.17) is 0 Å². The smallest absolute Gasteiger partial charge is 0.253 e. The molecule has 1 saturated heterocycles. The summed E-state index contributed by atoms with van der Waals surface area (Å²) in [5, 5.41) is 5.13. The molecule has 1 fully saturated rings. The number of hydrogen-bond donors (Lipinski definition) is 1. The predicted molar refractivity (Wildman–Crippen MR) is 124 cm³/mol. The van der Waals surface area contributed by atoms with Gasteiger partial charge in [-0.05, 0) is 61.5 Å². The van der Waals surface area contributed by atoms with Crippen molar-refractivity contribution >= 4 is 22.5 Å². The molecule has 1 N–H and O–H groups in total. The summed E-state index contributed by atoms with van der Waals surface area (Å²) in [6, 6.07) is 19.7. The summed E-state index contributed by atoms with van der Waals surface area (Å²) >= 11 is 0. The number of rotatable bonds is 6. The number of hydrogen-bond acceptors (Lipinski definition) is 3. The molecule has 30 heavy (non-hydrogen) atoms. The highest BCUT2D eigenvalue weighted by atomic mass is 16.2. The molecule has 3 aromatic rings. The molecule has 1 atom stereocenters. The average molecular weight is 405 g/mol. The van der Waals surface area contributed by atoms with Crippen molar-refractivity contribution in [1.82, 2.24) is 14.8 Å². The van der Waals surface area contributed by atoms with Gasteiger partial charge >= 0.3 is 0 Å². The van der Waals surface area contributed by atoms with Crippen LogP contribution in [0.1, 0.15) is 30.1 Å². The van der Waals surface area contributed by atoms with Crippen LogP contribution in [0.4, 0.5) is 5.69 Å². The van der Waals surface area contributed by atoms with E-state index in [9.17, 15) is 4.79 Å². The molecule has 4 rings (SSSR count). The first-order valence-corrected chi connectivity index (χ1v) is 10.9. The molecule has 2 aromatic carbocycles. The van der Waals surface area contributed by atoms with Crippen LogP contribution in [0.25, 0.3) is 10.9 Å². The first-order valence-electron chi connectivity index (χ1n) is 10.9. The van der Waals surface area contributed by atoms with Crippen molar-refractivity contribution in [3.05, 3.63) is 66.4 Å². The first-order chi connectivity index (χ1) is 14.5. The van der Waals surface area contributed by atoms with Gasteiger partial charge in [0.05, 0.1) is 0 Å². The molecule has 158 valence electrons. The minimum absolute atomic E-state index is 0.0499. The Morgan fingerprint density at radius 2 is 1.77 bits per heavy atom. The standard InChI is InChI=1S/C25H32N4O/c1-19(18-29-15-12-20-6-4-5-7-24(20)29)26-22-13-16-28(17-14-22)23-10-8-21(9-11-23)25(30)27(2)3/h4-12,15,19,22,26H,13-14,16-18H2,1-3H3. The van der Waals surface area contributed by atoms with Crippen molar-refractivity contribution in [3.8, 4) is 0 Å². The Balaban J connectivity index is 1.28. The zero-order chi connectivity index (χ0) is 21.1. The van der Waals surface area contributed by atoms with Gasteiger partial charge in [-0.15, -0.1) is 0 Å². The summed E-state index contributed by atoms with van der Waals surface area (Å²) in [7, 11) is 3.57. The third kappa shape index (κ3) is 4.51. The number of para-hydroxylation sites is 1. The quantitative estimate of drug-likeness (QED) is 0.675. The lowest BCUT2D eigenvalue weighted by molar-refractivity contribution is 0.0827. The summed E-state index contributed by atoms with van der Waals surface area (Å²) in [6.45, 7) is 5.34. The second kappa shape index (κ2) is 8.92. The SMILES string of the molecule is CC(Cn1ccc2ccccc21)NC1CCN(c2ccc(C(=O)N(C)C)cc2)CC1. The van der Waals surface area contributed by atoms with Gasteiger partial charge in [0.15, 0.2) is 0 Å². The van der Waals surface area contributed by atoms with Crippen LogP contribution in [0, 0.1) is 0 Å². The van der Waals surface area contributed by atoms with Crippen molar-refractivity contribution < 1.29 is 4.79 Å². The van der Waals surface area contributed by atoms with Crippen LogP contribution in [0.3, 0.4) is 0 Å². The summed E-state index contributed by atoms with van der Waals surface area (Å²) in [6.07, 6.45) is 4.46. The van der Waals surface area contributed by atoms with E-state index in [1.165, 1.54) is 16.6 Å². The maximum atomic E-state index is 12.1. The second-order valence-electron chi connectivity index (χ2n) is 8.60. The van der Waals surface area contributed by atoms with Crippen molar-refractivity contribution in [1.29, 1.82) is 0 Å². The monoisotopic (exact) mass is 404 g/mol. The molecule has 5 heteroatoms. The first kappa shape index (κ1) is 20.5. The summed E-state index contributed by atoms with van der Waals surface area (Å²) in [5.74, 6) is 0.0499. The Morgan fingerprint density at radius 3 is 2.47 bits per heavy atom. The van der Waals surface area contributed by atoms with Gasteiger partial charge in [-0.2, -0.15) is 0 Å². The van der Waals surface area contributed by atoms with Crippen LogP contribution in [0.2, 0.25) is 0 Å². The molecule has 0 bridgehead atoms. The Bertz CT molecular complexity index is 984. The third-order valence-corrected chi connectivity index (χ3v) is 6.05. The summed E-state index contributed by atoms with van der Waals surface area (Å²) < 4.78 is 2.35. The number of fused-ring (bicyclic) bond motifs is 1. The van der Waals surface area contributed by atoms with Crippen LogP contribution in [0.5, 0.6) is 0 Å². The number of nitrogens with zero attached hydrogens (tertiary/aromatic N) is 3. The molecule has 2 heterocycles. The Morgan fingerprint density at radius 1 is 1.07 bits per heavy atom. The van der Waals surface area contributed by atoms with Gasteiger partial charge in [0, 0.05) is 68.8 Å². The van der Waals surface area contributed by atoms with E-state index in [1.54, 1.807) is 19.0 Å². The molecule has 5 nitrogen and oxygen atoms in total. The molecule has 1 amide bonds. The highest BCUT2D eigenvalue weighted by molar-refractivity contribution is 5.94. The fourth-order valence-corrected chi connectivity index (χ4v) is 4.43. The zero-order valence-electron chi connectivity index (χ0n) is 18.2. The lowest BCUT2D eigenvalue weighted by Gasteiger charge is -2.35. The summed E-state index contributed by atoms with van der Waals surface area (Å²) in [4.78, 5) is 16.1. The number of carbonyl (C=O) groups is 1. The topological polar surface area (TPSA) is 40.5 Å². The van der Waals surface area contributed by atoms with Gasteiger partial charge in [-0.1, -0.05) is 18.2 Å². The van der Waals surface area contributed by atoms with Crippen molar-refractivity contribution in [2.45, 2.75) is 38.4 Å². The fraction of sp³-hybridized carbons (Fsp3) is 0.400. The van der Waals surface area contributed by atoms with Crippen molar-refractivity contribution in [2.75, 3.05) is 32.1 Å². The molecule has 0 saturated carbocycles. The largest absolute Gasteiger partial charge is 0.371 e. The molecular weight excluding hydrogens is 372 g/mol. The van der Waals surface area contributed by atoms with Crippen LogP contribution < -0.4 is 10.2 Å². The number of amides is 1. The Hall–Kier alpha value is -2.79. The fourth-order valence-electron chi connectivity index (χ4n) is 4.43. The minimum atomic E-state index is 0.0499. The molecule has 0 aliphatic carbocycles. The molecule has 1 aliphatic heterocycles. The average Bonchev–Trinajstić information content (AvgIpc) is 3.16. The number of anilines is 1. The molecular formula is C25H32N4O.